The zero-order valence-electron chi connectivity index (χ0n) is 11.0. The van der Waals surface area contributed by atoms with Gasteiger partial charge in [-0.3, -0.25) is 0 Å². The predicted molar refractivity (Wildman–Crippen MR) is 78.7 cm³/mol. The Balaban J connectivity index is 1.65. The van der Waals surface area contributed by atoms with Crippen molar-refractivity contribution in [2.45, 2.75) is 18.9 Å². The molecule has 1 saturated heterocycles. The van der Waals surface area contributed by atoms with Gasteiger partial charge >= 0.3 is 0 Å². The normalized spacial score (nSPS) is 19.2. The van der Waals surface area contributed by atoms with E-state index in [1.165, 1.54) is 12.1 Å². The molecule has 0 saturated carbocycles. The quantitative estimate of drug-likeness (QED) is 0.826. The number of nitrogens with zero attached hydrogens (tertiary/aromatic N) is 1. The van der Waals surface area contributed by atoms with Crippen LogP contribution in [0.3, 0.4) is 0 Å². The Morgan fingerprint density at radius 1 is 0.895 bits per heavy atom. The van der Waals surface area contributed by atoms with Gasteiger partial charge in [-0.05, 0) is 37.1 Å². The van der Waals surface area contributed by atoms with Crippen molar-refractivity contribution in [2.24, 2.45) is 0 Å². The van der Waals surface area contributed by atoms with Crippen LogP contribution in [-0.4, -0.2) is 19.2 Å². The van der Waals surface area contributed by atoms with E-state index in [0.29, 0.717) is 0 Å². The lowest BCUT2D eigenvalue weighted by atomic mass is 10.1. The molecule has 1 aliphatic rings. The molecule has 0 spiro atoms. The van der Waals surface area contributed by atoms with Gasteiger partial charge in [0, 0.05) is 12.2 Å². The monoisotopic (exact) mass is 253 g/mol. The second kappa shape index (κ2) is 5.79. The van der Waals surface area contributed by atoms with E-state index in [0.717, 1.165) is 25.3 Å². The Labute approximate surface area is 114 Å². The largest absolute Gasteiger partial charge is 0.489 e. The molecule has 3 rings (SSSR count). The first-order valence-corrected chi connectivity index (χ1v) is 6.93. The van der Waals surface area contributed by atoms with Crippen LogP contribution in [-0.2, 0) is 0 Å². The van der Waals surface area contributed by atoms with E-state index < -0.39 is 0 Å². The molecule has 2 heteroatoms. The highest BCUT2D eigenvalue weighted by molar-refractivity contribution is 5.46. The fraction of sp³-hybridized carbons (Fsp3) is 0.294. The molecule has 19 heavy (non-hydrogen) atoms. The number of hydrogen-bond donors (Lipinski definition) is 0. The predicted octanol–water partition coefficient (Wildman–Crippen LogP) is 3.73. The van der Waals surface area contributed by atoms with Gasteiger partial charge in [0.15, 0.2) is 0 Å². The third-order valence-electron chi connectivity index (χ3n) is 3.55. The van der Waals surface area contributed by atoms with Gasteiger partial charge in [-0.25, -0.2) is 0 Å². The van der Waals surface area contributed by atoms with E-state index in [1.54, 1.807) is 0 Å². The van der Waals surface area contributed by atoms with Crippen molar-refractivity contribution < 1.29 is 4.74 Å². The van der Waals surface area contributed by atoms with Crippen LogP contribution in [0.5, 0.6) is 5.75 Å². The summed E-state index contributed by atoms with van der Waals surface area (Å²) in [4.78, 5) is 2.41. The second-order valence-electron chi connectivity index (χ2n) is 4.98. The smallest absolute Gasteiger partial charge is 0.119 e. The first-order chi connectivity index (χ1) is 9.42. The molecule has 0 bridgehead atoms. The Hall–Kier alpha value is -1.96. The Bertz CT molecular complexity index is 497. The third kappa shape index (κ3) is 3.08. The summed E-state index contributed by atoms with van der Waals surface area (Å²) in [6.45, 7) is 2.09. The molecule has 1 fully saturated rings. The fourth-order valence-corrected chi connectivity index (χ4v) is 2.60. The summed E-state index contributed by atoms with van der Waals surface area (Å²) < 4.78 is 6.07. The standard InChI is InChI=1S/C17H19NO/c1-3-8-15(9-4-1)18-13-7-12-17(14-18)19-16-10-5-2-6-11-16/h1-6,8-11,17H,7,12-14H2/t17-/m0/s1. The molecule has 2 aromatic rings. The van der Waals surface area contributed by atoms with Crippen LogP contribution < -0.4 is 9.64 Å². The summed E-state index contributed by atoms with van der Waals surface area (Å²) in [5, 5.41) is 0. The molecule has 0 amide bonds. The Morgan fingerprint density at radius 2 is 1.58 bits per heavy atom. The lowest BCUT2D eigenvalue weighted by molar-refractivity contribution is 0.179. The van der Waals surface area contributed by atoms with Gasteiger partial charge in [0.1, 0.15) is 11.9 Å². The highest BCUT2D eigenvalue weighted by Crippen LogP contribution is 2.22. The molecule has 98 valence electrons. The first kappa shape index (κ1) is 12.1. The second-order valence-corrected chi connectivity index (χ2v) is 4.98. The highest BCUT2D eigenvalue weighted by atomic mass is 16.5. The minimum Gasteiger partial charge on any atom is -0.489 e. The molecule has 2 nitrogen and oxygen atoms in total. The summed E-state index contributed by atoms with van der Waals surface area (Å²) in [6, 6.07) is 20.7. The van der Waals surface area contributed by atoms with E-state index in [4.69, 9.17) is 4.74 Å². The molecule has 0 radical (unpaired) electrons. The van der Waals surface area contributed by atoms with Crippen LogP contribution in [0.4, 0.5) is 5.69 Å². The van der Waals surface area contributed by atoms with Gasteiger partial charge in [0.05, 0.1) is 6.54 Å². The maximum Gasteiger partial charge on any atom is 0.119 e. The number of ether oxygens (including phenoxy) is 1. The van der Waals surface area contributed by atoms with Gasteiger partial charge < -0.3 is 9.64 Å². The van der Waals surface area contributed by atoms with Gasteiger partial charge in [-0.1, -0.05) is 36.4 Å². The van der Waals surface area contributed by atoms with Crippen molar-refractivity contribution in [3.05, 3.63) is 60.7 Å². The van der Waals surface area contributed by atoms with Crippen LogP contribution in [0.1, 0.15) is 12.8 Å². The van der Waals surface area contributed by atoms with Crippen LogP contribution in [0.15, 0.2) is 60.7 Å². The molecule has 0 aromatic heterocycles. The van der Waals surface area contributed by atoms with Crippen molar-refractivity contribution in [3.63, 3.8) is 0 Å². The molecular formula is C17H19NO. The minimum absolute atomic E-state index is 0.288. The fourth-order valence-electron chi connectivity index (χ4n) is 2.60. The number of benzene rings is 2. The number of rotatable bonds is 3. The maximum absolute atomic E-state index is 6.07. The third-order valence-corrected chi connectivity index (χ3v) is 3.55. The van der Waals surface area contributed by atoms with Crippen LogP contribution in [0.25, 0.3) is 0 Å². The van der Waals surface area contributed by atoms with E-state index in [-0.39, 0.29) is 6.10 Å². The zero-order valence-corrected chi connectivity index (χ0v) is 11.0. The summed E-state index contributed by atoms with van der Waals surface area (Å²) >= 11 is 0. The van der Waals surface area contributed by atoms with Crippen LogP contribution >= 0.6 is 0 Å². The van der Waals surface area contributed by atoms with Gasteiger partial charge in [0.25, 0.3) is 0 Å². The van der Waals surface area contributed by atoms with Crippen molar-refractivity contribution in [2.75, 3.05) is 18.0 Å². The molecule has 1 aliphatic heterocycles. The summed E-state index contributed by atoms with van der Waals surface area (Å²) in [5.41, 5.74) is 1.30. The molecular weight excluding hydrogens is 234 g/mol. The number of para-hydroxylation sites is 2. The average molecular weight is 253 g/mol. The molecule has 1 heterocycles. The SMILES string of the molecule is c1ccc(O[C@H]2CCCN(c3ccccc3)C2)cc1. The number of hydrogen-bond acceptors (Lipinski definition) is 2. The lowest BCUT2D eigenvalue weighted by Gasteiger charge is -2.34. The van der Waals surface area contributed by atoms with Crippen molar-refractivity contribution in [3.8, 4) is 5.75 Å². The zero-order chi connectivity index (χ0) is 12.9. The minimum atomic E-state index is 0.288. The van der Waals surface area contributed by atoms with Crippen LogP contribution in [0, 0.1) is 0 Å². The molecule has 0 N–H and O–H groups in total. The molecule has 1 atom stereocenters. The number of piperidine rings is 1. The van der Waals surface area contributed by atoms with Gasteiger partial charge in [0.2, 0.25) is 0 Å². The molecule has 2 aromatic carbocycles. The van der Waals surface area contributed by atoms with Crippen molar-refractivity contribution >= 4 is 5.69 Å². The van der Waals surface area contributed by atoms with E-state index in [2.05, 4.69) is 35.2 Å². The van der Waals surface area contributed by atoms with Crippen LogP contribution in [0.2, 0.25) is 0 Å². The Morgan fingerprint density at radius 3 is 2.32 bits per heavy atom. The molecule has 0 unspecified atom stereocenters. The average Bonchev–Trinajstić information content (AvgIpc) is 2.49. The first-order valence-electron chi connectivity index (χ1n) is 6.93. The summed E-state index contributed by atoms with van der Waals surface area (Å²) in [6.07, 6.45) is 2.61. The van der Waals surface area contributed by atoms with Gasteiger partial charge in [-0.2, -0.15) is 0 Å². The molecule has 0 aliphatic carbocycles. The topological polar surface area (TPSA) is 12.5 Å². The lowest BCUT2D eigenvalue weighted by Crippen LogP contribution is -2.41. The summed E-state index contributed by atoms with van der Waals surface area (Å²) in [7, 11) is 0. The van der Waals surface area contributed by atoms with E-state index in [9.17, 15) is 0 Å². The van der Waals surface area contributed by atoms with Crippen molar-refractivity contribution in [1.29, 1.82) is 0 Å². The maximum atomic E-state index is 6.07. The van der Waals surface area contributed by atoms with Gasteiger partial charge in [-0.15, -0.1) is 0 Å². The summed E-state index contributed by atoms with van der Waals surface area (Å²) in [5.74, 6) is 0.974. The van der Waals surface area contributed by atoms with E-state index in [1.807, 2.05) is 30.3 Å². The van der Waals surface area contributed by atoms with E-state index >= 15 is 0 Å². The van der Waals surface area contributed by atoms with Crippen molar-refractivity contribution in [1.82, 2.24) is 0 Å². The Kier molecular flexibility index (Phi) is 3.68. The number of anilines is 1. The highest BCUT2D eigenvalue weighted by Gasteiger charge is 2.21.